The summed E-state index contributed by atoms with van der Waals surface area (Å²) in [6, 6.07) is 10.7. The van der Waals surface area contributed by atoms with Gasteiger partial charge in [-0.15, -0.1) is 0 Å². The number of benzene rings is 1. The van der Waals surface area contributed by atoms with Crippen LogP contribution in [0.2, 0.25) is 0 Å². The molecule has 0 aromatic heterocycles. The van der Waals surface area contributed by atoms with Crippen molar-refractivity contribution in [2.24, 2.45) is 0 Å². The van der Waals surface area contributed by atoms with E-state index in [4.69, 9.17) is 37.9 Å². The second-order valence-electron chi connectivity index (χ2n) is 13.1. The van der Waals surface area contributed by atoms with E-state index in [0.29, 0.717) is 46.2 Å². The van der Waals surface area contributed by atoms with Crippen molar-refractivity contribution in [3.63, 3.8) is 0 Å². The summed E-state index contributed by atoms with van der Waals surface area (Å²) < 4.78 is 48.0. The number of hydrogen-bond acceptors (Lipinski definition) is 9. The number of rotatable bonds is 25. The van der Waals surface area contributed by atoms with Gasteiger partial charge in [0, 0.05) is 5.56 Å². The van der Waals surface area contributed by atoms with Gasteiger partial charge >= 0.3 is 0 Å². The summed E-state index contributed by atoms with van der Waals surface area (Å²) in [5.74, 6) is 0. The first-order chi connectivity index (χ1) is 21.5. The average molecular weight is 643 g/mol. The van der Waals surface area contributed by atoms with E-state index in [0.717, 1.165) is 43.9 Å². The molecular formula is C35H64NO9+. The maximum absolute atomic E-state index is 9.31. The van der Waals surface area contributed by atoms with Crippen LogP contribution < -0.4 is 0 Å². The van der Waals surface area contributed by atoms with Crippen molar-refractivity contribution in [2.45, 2.75) is 111 Å². The van der Waals surface area contributed by atoms with Gasteiger partial charge in [0.2, 0.25) is 0 Å². The van der Waals surface area contributed by atoms with Crippen LogP contribution >= 0.6 is 0 Å². The molecule has 8 atom stereocenters. The van der Waals surface area contributed by atoms with Crippen LogP contribution in [0.15, 0.2) is 30.3 Å². The van der Waals surface area contributed by atoms with Gasteiger partial charge in [-0.05, 0) is 55.4 Å². The molecule has 0 saturated carbocycles. The minimum Gasteiger partial charge on any atom is -0.391 e. The van der Waals surface area contributed by atoms with Crippen LogP contribution in [0.3, 0.4) is 0 Å². The predicted octanol–water partition coefficient (Wildman–Crippen LogP) is 4.25. The fourth-order valence-electron chi connectivity index (χ4n) is 5.10. The third kappa shape index (κ3) is 18.7. The van der Waals surface area contributed by atoms with Gasteiger partial charge in [-0.3, -0.25) is 0 Å². The Morgan fingerprint density at radius 2 is 0.911 bits per heavy atom. The van der Waals surface area contributed by atoms with Crippen molar-refractivity contribution in [1.82, 2.24) is 0 Å². The summed E-state index contributed by atoms with van der Waals surface area (Å²) in [4.78, 5) is 0. The number of ether oxygens (including phenoxy) is 8. The largest absolute Gasteiger partial charge is 0.391 e. The minimum atomic E-state index is -0.479. The smallest absolute Gasteiger partial charge is 0.105 e. The van der Waals surface area contributed by atoms with Crippen molar-refractivity contribution in [3.8, 4) is 0 Å². The molecule has 0 aliphatic carbocycles. The van der Waals surface area contributed by atoms with Gasteiger partial charge in [0.15, 0.2) is 0 Å². The third-order valence-electron chi connectivity index (χ3n) is 7.74. The summed E-state index contributed by atoms with van der Waals surface area (Å²) in [6.07, 6.45) is -0.709. The molecule has 45 heavy (non-hydrogen) atoms. The lowest BCUT2D eigenvalue weighted by Gasteiger charge is -2.43. The van der Waals surface area contributed by atoms with Crippen LogP contribution in [0.25, 0.3) is 0 Å². The van der Waals surface area contributed by atoms with E-state index in [1.807, 2.05) is 41.5 Å². The number of hydrogen-bond donors (Lipinski definition) is 1. The quantitative estimate of drug-likeness (QED) is 0.157. The first kappa shape index (κ1) is 40.0. The zero-order valence-corrected chi connectivity index (χ0v) is 29.4. The Morgan fingerprint density at radius 3 is 1.29 bits per heavy atom. The maximum atomic E-state index is 9.31. The lowest BCUT2D eigenvalue weighted by molar-refractivity contribution is -0.950. The lowest BCUT2D eigenvalue weighted by atomic mass is 10.1. The molecule has 1 aliphatic heterocycles. The number of aliphatic hydroxyl groups is 1. The van der Waals surface area contributed by atoms with Gasteiger partial charge in [-0.25, -0.2) is 0 Å². The third-order valence-corrected chi connectivity index (χ3v) is 7.74. The van der Waals surface area contributed by atoms with Crippen LogP contribution in [0.4, 0.5) is 0 Å². The number of nitrogens with zero attached hydrogens (tertiary/aromatic N) is 1. The highest BCUT2D eigenvalue weighted by Gasteiger charge is 2.33. The first-order valence-corrected chi connectivity index (χ1v) is 16.9. The molecule has 1 saturated heterocycles. The van der Waals surface area contributed by atoms with E-state index in [1.165, 1.54) is 5.56 Å². The molecule has 0 bridgehead atoms. The zero-order valence-electron chi connectivity index (χ0n) is 29.4. The first-order valence-electron chi connectivity index (χ1n) is 16.9. The van der Waals surface area contributed by atoms with Crippen LogP contribution in [-0.2, 0) is 44.4 Å². The molecule has 0 unspecified atom stereocenters. The monoisotopic (exact) mass is 642 g/mol. The van der Waals surface area contributed by atoms with Crippen LogP contribution in [0, 0.1) is 0 Å². The fraction of sp³-hybridized carbons (Fsp3) is 0.829. The van der Waals surface area contributed by atoms with E-state index in [1.54, 1.807) is 6.92 Å². The van der Waals surface area contributed by atoms with Crippen LogP contribution in [0.5, 0.6) is 0 Å². The molecular weight excluding hydrogens is 578 g/mol. The van der Waals surface area contributed by atoms with Gasteiger partial charge in [0.05, 0.1) is 102 Å². The van der Waals surface area contributed by atoms with Crippen molar-refractivity contribution < 1.29 is 47.5 Å². The zero-order chi connectivity index (χ0) is 33.1. The summed E-state index contributed by atoms with van der Waals surface area (Å²) in [5.41, 5.74) is 1.36. The number of morpholine rings is 1. The van der Waals surface area contributed by atoms with Crippen LogP contribution in [0.1, 0.15) is 61.0 Å². The summed E-state index contributed by atoms with van der Waals surface area (Å²) in [5, 5.41) is 9.31. The molecule has 262 valence electrons. The highest BCUT2D eigenvalue weighted by molar-refractivity contribution is 5.13. The molecule has 1 fully saturated rings. The molecule has 0 radical (unpaired) electrons. The van der Waals surface area contributed by atoms with Crippen molar-refractivity contribution in [1.29, 1.82) is 0 Å². The van der Waals surface area contributed by atoms with Crippen molar-refractivity contribution >= 4 is 0 Å². The van der Waals surface area contributed by atoms with Crippen LogP contribution in [-0.4, -0.2) is 138 Å². The average Bonchev–Trinajstić information content (AvgIpc) is 3.02. The maximum Gasteiger partial charge on any atom is 0.105 e. The lowest BCUT2D eigenvalue weighted by Crippen LogP contribution is -2.57. The summed E-state index contributed by atoms with van der Waals surface area (Å²) in [6.45, 7) is 24.6. The Balaban J connectivity index is 1.55. The van der Waals surface area contributed by atoms with Gasteiger partial charge in [0.25, 0.3) is 0 Å². The summed E-state index contributed by atoms with van der Waals surface area (Å²) >= 11 is 0. The summed E-state index contributed by atoms with van der Waals surface area (Å²) in [7, 11) is 0. The Labute approximate surface area is 273 Å². The highest BCUT2D eigenvalue weighted by Crippen LogP contribution is 2.19. The molecule has 1 aromatic rings. The molecule has 1 N–H and O–H groups in total. The Kier molecular flexibility index (Phi) is 19.9. The fourth-order valence-corrected chi connectivity index (χ4v) is 5.10. The molecule has 2 rings (SSSR count). The van der Waals surface area contributed by atoms with E-state index in [2.05, 4.69) is 37.3 Å². The molecule has 1 aromatic carbocycles. The Morgan fingerprint density at radius 1 is 0.556 bits per heavy atom. The van der Waals surface area contributed by atoms with Gasteiger partial charge in [-0.2, -0.15) is 0 Å². The molecule has 1 heterocycles. The molecule has 0 amide bonds. The van der Waals surface area contributed by atoms with Crippen molar-refractivity contribution in [3.05, 3.63) is 35.9 Å². The second-order valence-corrected chi connectivity index (χ2v) is 13.1. The second kappa shape index (κ2) is 22.4. The number of aliphatic hydroxyl groups excluding tert-OH is 1. The van der Waals surface area contributed by atoms with Gasteiger partial charge in [0.1, 0.15) is 32.3 Å². The Hall–Kier alpha value is -1.18. The van der Waals surface area contributed by atoms with E-state index in [-0.39, 0.29) is 42.7 Å². The van der Waals surface area contributed by atoms with E-state index >= 15 is 0 Å². The van der Waals surface area contributed by atoms with E-state index in [9.17, 15) is 5.11 Å². The van der Waals surface area contributed by atoms with Gasteiger partial charge in [-0.1, -0.05) is 30.3 Å². The predicted molar refractivity (Wildman–Crippen MR) is 175 cm³/mol. The topological polar surface area (TPSA) is 94.1 Å². The van der Waals surface area contributed by atoms with E-state index < -0.39 is 6.10 Å². The number of quaternary nitrogens is 1. The Bertz CT molecular complexity index is 855. The van der Waals surface area contributed by atoms with Gasteiger partial charge < -0.3 is 47.5 Å². The standard InChI is InChI=1S/C35H64NO9/c1-27(37)20-39-29(3)22-41-31(5)24-43-33(7)26-45-34(8)25-44-32(6)23-42-30(4)21-40-28(2)18-36(14-16-38-17-15-36)19-35-12-10-9-11-13-35/h9-13,27-34,37H,14-26H2,1-8H3/q+1/t27-,28-,29-,30+,31-,32-,33-,34-/m1/s1. The van der Waals surface area contributed by atoms with Crippen molar-refractivity contribution in [2.75, 3.05) is 79.1 Å². The normalized spacial score (nSPS) is 20.6. The molecule has 0 spiro atoms. The SMILES string of the molecule is C[C@H](CO[C@H](C)CO[C@H](C)CO[C@@H](C)CO[C@H](C)C[N+]1(Cc2ccccc2)CCOCC1)OC[C@@H](C)OC[C@@H](C)OC[C@@H](C)O. The molecule has 10 nitrogen and oxygen atoms in total. The highest BCUT2D eigenvalue weighted by atomic mass is 16.6. The molecule has 10 heteroatoms. The minimum absolute atomic E-state index is 0.0243. The molecule has 1 aliphatic rings.